The summed E-state index contributed by atoms with van der Waals surface area (Å²) in [6.07, 6.45) is -3.46. The topological polar surface area (TPSA) is 12.0 Å². The number of nitrogens with one attached hydrogen (secondary N) is 1. The van der Waals surface area contributed by atoms with E-state index in [9.17, 15) is 13.2 Å². The Labute approximate surface area is 115 Å². The fourth-order valence-electron chi connectivity index (χ4n) is 2.66. The van der Waals surface area contributed by atoms with Gasteiger partial charge in [-0.05, 0) is 48.2 Å². The van der Waals surface area contributed by atoms with Gasteiger partial charge >= 0.3 is 6.18 Å². The number of alkyl halides is 3. The van der Waals surface area contributed by atoms with E-state index in [-0.39, 0.29) is 6.04 Å². The number of anilines is 1. The minimum atomic E-state index is -4.28. The molecule has 3 rings (SSSR count). The van der Waals surface area contributed by atoms with Gasteiger partial charge in [0.1, 0.15) is 0 Å². The molecule has 1 N–H and O–H groups in total. The van der Waals surface area contributed by atoms with Crippen LogP contribution in [0.3, 0.4) is 0 Å². The summed E-state index contributed by atoms with van der Waals surface area (Å²) in [7, 11) is 0. The maximum atomic E-state index is 12.5. The lowest BCUT2D eigenvalue weighted by atomic mass is 9.99. The fourth-order valence-corrected chi connectivity index (χ4v) is 2.66. The second kappa shape index (κ2) is 4.54. The summed E-state index contributed by atoms with van der Waals surface area (Å²) in [5, 5.41) is 3.37. The maximum absolute atomic E-state index is 12.5. The van der Waals surface area contributed by atoms with Crippen LogP contribution in [-0.2, 0) is 12.6 Å². The summed E-state index contributed by atoms with van der Waals surface area (Å²) in [5.74, 6) is 0. The standard InChI is InChI=1S/C16H14F3N/c1-10-3-2-4-14-13(10)9-15(20-14)11-5-7-12(8-6-11)16(17,18)19/h2-8,15,20H,9H2,1H3. The van der Waals surface area contributed by atoms with Crippen LogP contribution in [-0.4, -0.2) is 0 Å². The third-order valence-corrected chi connectivity index (χ3v) is 3.79. The average molecular weight is 277 g/mol. The van der Waals surface area contributed by atoms with Crippen molar-refractivity contribution in [3.05, 3.63) is 64.7 Å². The summed E-state index contributed by atoms with van der Waals surface area (Å²) in [4.78, 5) is 0. The summed E-state index contributed by atoms with van der Waals surface area (Å²) < 4.78 is 37.6. The van der Waals surface area contributed by atoms with E-state index < -0.39 is 11.7 Å². The van der Waals surface area contributed by atoms with Gasteiger partial charge in [-0.3, -0.25) is 0 Å². The van der Waals surface area contributed by atoms with Crippen molar-refractivity contribution >= 4 is 5.69 Å². The predicted octanol–water partition coefficient (Wildman–Crippen LogP) is 4.72. The van der Waals surface area contributed by atoms with E-state index in [0.717, 1.165) is 29.8 Å². The van der Waals surface area contributed by atoms with E-state index in [4.69, 9.17) is 0 Å². The molecule has 20 heavy (non-hydrogen) atoms. The highest BCUT2D eigenvalue weighted by atomic mass is 19.4. The molecule has 0 aliphatic carbocycles. The molecule has 0 bridgehead atoms. The highest BCUT2D eigenvalue weighted by Crippen LogP contribution is 2.37. The van der Waals surface area contributed by atoms with Gasteiger partial charge in [-0.2, -0.15) is 13.2 Å². The molecule has 1 heterocycles. The van der Waals surface area contributed by atoms with Crippen molar-refractivity contribution in [1.29, 1.82) is 0 Å². The van der Waals surface area contributed by atoms with Crippen LogP contribution < -0.4 is 5.32 Å². The van der Waals surface area contributed by atoms with Crippen LogP contribution in [0.5, 0.6) is 0 Å². The van der Waals surface area contributed by atoms with Crippen LogP contribution in [0.1, 0.15) is 28.3 Å². The number of halogens is 3. The molecule has 1 aliphatic rings. The van der Waals surface area contributed by atoms with Gasteiger partial charge in [-0.1, -0.05) is 24.3 Å². The quantitative estimate of drug-likeness (QED) is 0.795. The number of fused-ring (bicyclic) bond motifs is 1. The zero-order chi connectivity index (χ0) is 14.3. The third kappa shape index (κ3) is 2.26. The second-order valence-corrected chi connectivity index (χ2v) is 5.12. The average Bonchev–Trinajstić information content (AvgIpc) is 2.83. The van der Waals surface area contributed by atoms with E-state index >= 15 is 0 Å². The van der Waals surface area contributed by atoms with Gasteiger partial charge in [0.05, 0.1) is 11.6 Å². The zero-order valence-electron chi connectivity index (χ0n) is 11.0. The number of rotatable bonds is 1. The molecule has 1 unspecified atom stereocenters. The Bertz CT molecular complexity index is 629. The van der Waals surface area contributed by atoms with Crippen LogP contribution in [0.25, 0.3) is 0 Å². The molecule has 0 spiro atoms. The highest BCUT2D eigenvalue weighted by Gasteiger charge is 2.30. The maximum Gasteiger partial charge on any atom is 0.416 e. The van der Waals surface area contributed by atoms with E-state index in [0.29, 0.717) is 0 Å². The molecule has 0 saturated carbocycles. The smallest absolute Gasteiger partial charge is 0.378 e. The summed E-state index contributed by atoms with van der Waals surface area (Å²) in [6.45, 7) is 2.05. The van der Waals surface area contributed by atoms with Gasteiger partial charge in [0.15, 0.2) is 0 Å². The number of aryl methyl sites for hydroxylation is 1. The normalized spacial score (nSPS) is 17.7. The Morgan fingerprint density at radius 2 is 1.75 bits per heavy atom. The molecular weight excluding hydrogens is 263 g/mol. The Balaban J connectivity index is 1.85. The molecule has 2 aromatic carbocycles. The molecule has 0 aromatic heterocycles. The van der Waals surface area contributed by atoms with Crippen LogP contribution in [0.15, 0.2) is 42.5 Å². The Kier molecular flexibility index (Phi) is 2.96. The first-order valence-electron chi connectivity index (χ1n) is 6.47. The van der Waals surface area contributed by atoms with Crippen molar-refractivity contribution in [2.24, 2.45) is 0 Å². The van der Waals surface area contributed by atoms with Gasteiger partial charge < -0.3 is 5.32 Å². The Hall–Kier alpha value is -1.97. The molecule has 0 fully saturated rings. The van der Waals surface area contributed by atoms with Gasteiger partial charge in [-0.25, -0.2) is 0 Å². The summed E-state index contributed by atoms with van der Waals surface area (Å²) >= 11 is 0. The second-order valence-electron chi connectivity index (χ2n) is 5.12. The van der Waals surface area contributed by atoms with Crippen molar-refractivity contribution in [2.75, 3.05) is 5.32 Å². The first kappa shape index (κ1) is 13.0. The van der Waals surface area contributed by atoms with Crippen LogP contribution in [0.2, 0.25) is 0 Å². The number of hydrogen-bond acceptors (Lipinski definition) is 1. The Morgan fingerprint density at radius 1 is 1.05 bits per heavy atom. The van der Waals surface area contributed by atoms with E-state index in [1.54, 1.807) is 12.1 Å². The molecule has 2 aromatic rings. The van der Waals surface area contributed by atoms with E-state index in [1.807, 2.05) is 12.1 Å². The first-order valence-corrected chi connectivity index (χ1v) is 6.47. The Morgan fingerprint density at radius 3 is 2.35 bits per heavy atom. The van der Waals surface area contributed by atoms with Crippen molar-refractivity contribution in [3.8, 4) is 0 Å². The lowest BCUT2D eigenvalue weighted by Gasteiger charge is -2.13. The fraction of sp³-hybridized carbons (Fsp3) is 0.250. The van der Waals surface area contributed by atoms with Crippen molar-refractivity contribution in [1.82, 2.24) is 0 Å². The summed E-state index contributed by atoms with van der Waals surface area (Å²) in [6, 6.07) is 11.5. The lowest BCUT2D eigenvalue weighted by molar-refractivity contribution is -0.137. The minimum absolute atomic E-state index is 0.0494. The van der Waals surface area contributed by atoms with Crippen LogP contribution in [0.4, 0.5) is 18.9 Å². The molecule has 1 aliphatic heterocycles. The van der Waals surface area contributed by atoms with E-state index in [2.05, 4.69) is 18.3 Å². The number of benzene rings is 2. The zero-order valence-corrected chi connectivity index (χ0v) is 11.0. The molecule has 0 radical (unpaired) electrons. The molecule has 104 valence electrons. The van der Waals surface area contributed by atoms with Gasteiger partial charge in [0.2, 0.25) is 0 Å². The molecule has 1 nitrogen and oxygen atoms in total. The SMILES string of the molecule is Cc1cccc2c1CC(c1ccc(C(F)(F)F)cc1)N2. The summed E-state index contributed by atoms with van der Waals surface area (Å²) in [5.41, 5.74) is 3.82. The minimum Gasteiger partial charge on any atom is -0.378 e. The van der Waals surface area contributed by atoms with Crippen LogP contribution in [0, 0.1) is 6.92 Å². The monoisotopic (exact) mass is 277 g/mol. The van der Waals surface area contributed by atoms with Gasteiger partial charge in [-0.15, -0.1) is 0 Å². The molecule has 1 atom stereocenters. The molecular formula is C16H14F3N. The van der Waals surface area contributed by atoms with Crippen LogP contribution >= 0.6 is 0 Å². The van der Waals surface area contributed by atoms with E-state index in [1.165, 1.54) is 11.1 Å². The predicted molar refractivity (Wildman–Crippen MR) is 72.7 cm³/mol. The lowest BCUT2D eigenvalue weighted by Crippen LogP contribution is -2.08. The third-order valence-electron chi connectivity index (χ3n) is 3.79. The van der Waals surface area contributed by atoms with Crippen molar-refractivity contribution in [2.45, 2.75) is 25.6 Å². The largest absolute Gasteiger partial charge is 0.416 e. The first-order chi connectivity index (χ1) is 9.45. The van der Waals surface area contributed by atoms with Gasteiger partial charge in [0.25, 0.3) is 0 Å². The van der Waals surface area contributed by atoms with Gasteiger partial charge in [0, 0.05) is 5.69 Å². The molecule has 0 amide bonds. The number of hydrogen-bond donors (Lipinski definition) is 1. The molecule has 0 saturated heterocycles. The molecule has 4 heteroatoms. The van der Waals surface area contributed by atoms with Crippen molar-refractivity contribution < 1.29 is 13.2 Å². The van der Waals surface area contributed by atoms with Crippen molar-refractivity contribution in [3.63, 3.8) is 0 Å². The highest BCUT2D eigenvalue weighted by molar-refractivity contribution is 5.60.